The molecule has 0 saturated carbocycles. The van der Waals surface area contributed by atoms with E-state index in [1.165, 1.54) is 5.56 Å². The van der Waals surface area contributed by atoms with Crippen LogP contribution in [0.4, 0.5) is 5.69 Å². The van der Waals surface area contributed by atoms with Crippen molar-refractivity contribution in [1.82, 2.24) is 0 Å². The molecule has 0 amide bonds. The van der Waals surface area contributed by atoms with Gasteiger partial charge in [0.05, 0.1) is 18.2 Å². The van der Waals surface area contributed by atoms with Gasteiger partial charge in [-0.2, -0.15) is 5.26 Å². The lowest BCUT2D eigenvalue weighted by Gasteiger charge is -2.23. The predicted octanol–water partition coefficient (Wildman–Crippen LogP) is 4.08. The molecule has 0 N–H and O–H groups in total. The maximum atomic E-state index is 8.61. The van der Waals surface area contributed by atoms with Crippen LogP contribution in [0.15, 0.2) is 22.7 Å². The Kier molecular flexibility index (Phi) is 5.86. The van der Waals surface area contributed by atoms with E-state index in [-0.39, 0.29) is 0 Å². The van der Waals surface area contributed by atoms with Gasteiger partial charge in [0.25, 0.3) is 0 Å². The molecular formula is C12H14Br2N2. The smallest absolute Gasteiger partial charge is 0.0640 e. The molecule has 0 heterocycles. The molecule has 86 valence electrons. The maximum Gasteiger partial charge on any atom is 0.0640 e. The van der Waals surface area contributed by atoms with Crippen molar-refractivity contribution in [3.05, 3.63) is 28.2 Å². The average molecular weight is 346 g/mol. The number of rotatable bonds is 5. The Labute approximate surface area is 114 Å². The lowest BCUT2D eigenvalue weighted by Crippen LogP contribution is -2.24. The molecule has 16 heavy (non-hydrogen) atoms. The zero-order valence-corrected chi connectivity index (χ0v) is 12.4. The SMILES string of the molecule is CCN(CCC#N)c1ccc(CBr)cc1Br. The van der Waals surface area contributed by atoms with Crippen molar-refractivity contribution in [1.29, 1.82) is 5.26 Å². The summed E-state index contributed by atoms with van der Waals surface area (Å²) < 4.78 is 1.09. The minimum Gasteiger partial charge on any atom is -0.370 e. The molecule has 4 heteroatoms. The van der Waals surface area contributed by atoms with Gasteiger partial charge in [-0.05, 0) is 40.5 Å². The van der Waals surface area contributed by atoms with Crippen LogP contribution in [0.1, 0.15) is 18.9 Å². The number of anilines is 1. The summed E-state index contributed by atoms with van der Waals surface area (Å²) in [5.74, 6) is 0. The van der Waals surface area contributed by atoms with Crippen LogP contribution in [0.3, 0.4) is 0 Å². The Balaban J connectivity index is 2.88. The Morgan fingerprint density at radius 1 is 1.44 bits per heavy atom. The third-order valence-electron chi connectivity index (χ3n) is 2.38. The number of hydrogen-bond acceptors (Lipinski definition) is 2. The van der Waals surface area contributed by atoms with Gasteiger partial charge < -0.3 is 4.90 Å². The zero-order valence-electron chi connectivity index (χ0n) is 9.21. The summed E-state index contributed by atoms with van der Waals surface area (Å²) in [5.41, 5.74) is 2.40. The summed E-state index contributed by atoms with van der Waals surface area (Å²) in [4.78, 5) is 2.20. The first-order valence-corrected chi connectivity index (χ1v) is 7.10. The molecule has 0 aliphatic rings. The van der Waals surface area contributed by atoms with Crippen LogP contribution < -0.4 is 4.90 Å². The highest BCUT2D eigenvalue weighted by molar-refractivity contribution is 9.10. The van der Waals surface area contributed by atoms with E-state index in [4.69, 9.17) is 5.26 Å². The molecule has 0 aliphatic heterocycles. The highest BCUT2D eigenvalue weighted by Crippen LogP contribution is 2.28. The lowest BCUT2D eigenvalue weighted by atomic mass is 10.2. The molecule has 0 saturated heterocycles. The molecule has 0 bridgehead atoms. The number of alkyl halides is 1. The predicted molar refractivity (Wildman–Crippen MR) is 74.9 cm³/mol. The Morgan fingerprint density at radius 3 is 2.69 bits per heavy atom. The summed E-state index contributed by atoms with van der Waals surface area (Å²) in [6.45, 7) is 3.79. The van der Waals surface area contributed by atoms with E-state index in [0.717, 1.165) is 28.6 Å². The van der Waals surface area contributed by atoms with Crippen LogP contribution >= 0.6 is 31.9 Å². The second-order valence-electron chi connectivity index (χ2n) is 3.41. The van der Waals surface area contributed by atoms with Crippen molar-refractivity contribution in [2.45, 2.75) is 18.7 Å². The molecule has 0 spiro atoms. The van der Waals surface area contributed by atoms with Crippen molar-refractivity contribution in [3.63, 3.8) is 0 Å². The van der Waals surface area contributed by atoms with Crippen molar-refractivity contribution in [2.75, 3.05) is 18.0 Å². The fourth-order valence-corrected chi connectivity index (χ4v) is 2.55. The molecule has 1 aromatic rings. The van der Waals surface area contributed by atoms with Crippen molar-refractivity contribution < 1.29 is 0 Å². The van der Waals surface area contributed by atoms with Gasteiger partial charge in [-0.3, -0.25) is 0 Å². The largest absolute Gasteiger partial charge is 0.370 e. The number of benzene rings is 1. The number of nitrogens with zero attached hydrogens (tertiary/aromatic N) is 2. The summed E-state index contributed by atoms with van der Waals surface area (Å²) in [7, 11) is 0. The average Bonchev–Trinajstić information content (AvgIpc) is 2.31. The van der Waals surface area contributed by atoms with Crippen LogP contribution in [0.5, 0.6) is 0 Å². The second kappa shape index (κ2) is 6.93. The summed E-state index contributed by atoms with van der Waals surface area (Å²) in [5, 5.41) is 9.47. The van der Waals surface area contributed by atoms with Gasteiger partial charge in [0.15, 0.2) is 0 Å². The Morgan fingerprint density at radius 2 is 2.19 bits per heavy atom. The minimum atomic E-state index is 0.556. The second-order valence-corrected chi connectivity index (χ2v) is 4.82. The van der Waals surface area contributed by atoms with E-state index < -0.39 is 0 Å². The first kappa shape index (κ1) is 13.5. The van der Waals surface area contributed by atoms with E-state index in [9.17, 15) is 0 Å². The first-order chi connectivity index (χ1) is 7.72. The molecule has 1 rings (SSSR count). The molecule has 1 aromatic carbocycles. The molecule has 0 aromatic heterocycles. The van der Waals surface area contributed by atoms with Gasteiger partial charge in [0.1, 0.15) is 0 Å². The highest BCUT2D eigenvalue weighted by atomic mass is 79.9. The molecule has 0 radical (unpaired) electrons. The molecular weight excluding hydrogens is 332 g/mol. The summed E-state index contributed by atoms with van der Waals surface area (Å²) in [6, 6.07) is 8.49. The normalized spacial score (nSPS) is 9.88. The van der Waals surface area contributed by atoms with Gasteiger partial charge in [0, 0.05) is 22.9 Å². The van der Waals surface area contributed by atoms with Crippen LogP contribution in [0.2, 0.25) is 0 Å². The van der Waals surface area contributed by atoms with Crippen molar-refractivity contribution in [3.8, 4) is 6.07 Å². The van der Waals surface area contributed by atoms with Crippen LogP contribution in [-0.2, 0) is 5.33 Å². The third-order valence-corrected chi connectivity index (χ3v) is 3.66. The monoisotopic (exact) mass is 344 g/mol. The van der Waals surface area contributed by atoms with Gasteiger partial charge in [0.2, 0.25) is 0 Å². The highest BCUT2D eigenvalue weighted by Gasteiger charge is 2.08. The third kappa shape index (κ3) is 3.50. The topological polar surface area (TPSA) is 27.0 Å². The van der Waals surface area contributed by atoms with Gasteiger partial charge in [-0.25, -0.2) is 0 Å². The molecule has 0 unspecified atom stereocenters. The number of hydrogen-bond donors (Lipinski definition) is 0. The molecule has 0 aliphatic carbocycles. The van der Waals surface area contributed by atoms with E-state index >= 15 is 0 Å². The fourth-order valence-electron chi connectivity index (χ4n) is 1.52. The van der Waals surface area contributed by atoms with Crippen molar-refractivity contribution in [2.24, 2.45) is 0 Å². The fraction of sp³-hybridized carbons (Fsp3) is 0.417. The summed E-state index contributed by atoms with van der Waals surface area (Å²) in [6.07, 6.45) is 0.556. The van der Waals surface area contributed by atoms with Crippen molar-refractivity contribution >= 4 is 37.5 Å². The molecule has 0 fully saturated rings. The quantitative estimate of drug-likeness (QED) is 0.751. The minimum absolute atomic E-state index is 0.556. The van der Waals surface area contributed by atoms with Crippen LogP contribution in [0, 0.1) is 11.3 Å². The summed E-state index contributed by atoms with van der Waals surface area (Å²) >= 11 is 7.01. The first-order valence-electron chi connectivity index (χ1n) is 5.19. The van der Waals surface area contributed by atoms with E-state index in [2.05, 4.69) is 68.0 Å². The Hall–Kier alpha value is -0.530. The lowest BCUT2D eigenvalue weighted by molar-refractivity contribution is 0.825. The van der Waals surface area contributed by atoms with Gasteiger partial charge in [-0.15, -0.1) is 0 Å². The molecule has 2 nitrogen and oxygen atoms in total. The van der Waals surface area contributed by atoms with Crippen LogP contribution in [0.25, 0.3) is 0 Å². The zero-order chi connectivity index (χ0) is 12.0. The molecule has 0 atom stereocenters. The standard InChI is InChI=1S/C12H14Br2N2/c1-2-16(7-3-6-15)12-5-4-10(9-13)8-11(12)14/h4-5,8H,2-3,7,9H2,1H3. The number of nitriles is 1. The van der Waals surface area contributed by atoms with E-state index in [0.29, 0.717) is 6.42 Å². The van der Waals surface area contributed by atoms with Gasteiger partial charge >= 0.3 is 0 Å². The van der Waals surface area contributed by atoms with E-state index in [1.54, 1.807) is 0 Å². The van der Waals surface area contributed by atoms with Crippen LogP contribution in [-0.4, -0.2) is 13.1 Å². The Bertz CT molecular complexity index is 385. The van der Waals surface area contributed by atoms with E-state index in [1.807, 2.05) is 0 Å². The maximum absolute atomic E-state index is 8.61. The number of halogens is 2. The van der Waals surface area contributed by atoms with Gasteiger partial charge in [-0.1, -0.05) is 22.0 Å².